The van der Waals surface area contributed by atoms with Crippen LogP contribution in [0, 0.1) is 5.82 Å². The van der Waals surface area contributed by atoms with Gasteiger partial charge in [0, 0.05) is 31.9 Å². The van der Waals surface area contributed by atoms with Crippen LogP contribution in [0.4, 0.5) is 20.6 Å². The van der Waals surface area contributed by atoms with Crippen LogP contribution in [0.2, 0.25) is 0 Å². The van der Waals surface area contributed by atoms with Crippen molar-refractivity contribution in [3.63, 3.8) is 0 Å². The minimum absolute atomic E-state index is 0.0194. The second-order valence-corrected chi connectivity index (χ2v) is 7.49. The lowest BCUT2D eigenvalue weighted by Crippen LogP contribution is -2.50. The molecule has 0 aliphatic carbocycles. The molecule has 0 unspecified atom stereocenters. The number of benzene rings is 2. The van der Waals surface area contributed by atoms with Crippen LogP contribution >= 0.6 is 0 Å². The lowest BCUT2D eigenvalue weighted by atomic mass is 10.2. The smallest absolute Gasteiger partial charge is 0.321 e. The Morgan fingerprint density at radius 2 is 1.62 bits per heavy atom. The van der Waals surface area contributed by atoms with E-state index < -0.39 is 10.0 Å². The Kier molecular flexibility index (Phi) is 5.10. The molecule has 0 radical (unpaired) electrons. The molecular weight excluding hydrogens is 359 g/mol. The molecule has 3 N–H and O–H groups in total. The Labute approximate surface area is 151 Å². The highest BCUT2D eigenvalue weighted by Gasteiger charge is 2.22. The van der Waals surface area contributed by atoms with E-state index in [-0.39, 0.29) is 16.7 Å². The first-order valence-corrected chi connectivity index (χ1v) is 9.57. The van der Waals surface area contributed by atoms with Crippen molar-refractivity contribution in [1.29, 1.82) is 0 Å². The van der Waals surface area contributed by atoms with Crippen molar-refractivity contribution < 1.29 is 17.6 Å². The van der Waals surface area contributed by atoms with Crippen molar-refractivity contribution >= 4 is 27.4 Å². The van der Waals surface area contributed by atoms with Crippen LogP contribution in [0.1, 0.15) is 0 Å². The standard InChI is InChI=1S/C17H19FN4O3S/c18-15-3-1-2-4-16(15)21-9-11-22(12-10-21)17(23)20-13-5-7-14(8-6-13)26(19,24)25/h1-8H,9-12H2,(H,20,23)(H2,19,24,25). The van der Waals surface area contributed by atoms with E-state index in [1.807, 2.05) is 4.90 Å². The van der Waals surface area contributed by atoms with Gasteiger partial charge in [0.05, 0.1) is 10.6 Å². The molecule has 0 saturated carbocycles. The lowest BCUT2D eigenvalue weighted by Gasteiger charge is -2.36. The SMILES string of the molecule is NS(=O)(=O)c1ccc(NC(=O)N2CCN(c3ccccc3F)CC2)cc1. The molecule has 7 nitrogen and oxygen atoms in total. The van der Waals surface area contributed by atoms with Gasteiger partial charge >= 0.3 is 6.03 Å². The average Bonchev–Trinajstić information content (AvgIpc) is 2.62. The number of carbonyl (C=O) groups is 1. The molecule has 1 fully saturated rings. The van der Waals surface area contributed by atoms with Gasteiger partial charge in [0.25, 0.3) is 0 Å². The van der Waals surface area contributed by atoms with Crippen molar-refractivity contribution in [3.8, 4) is 0 Å². The topological polar surface area (TPSA) is 95.7 Å². The average molecular weight is 378 g/mol. The van der Waals surface area contributed by atoms with Crippen LogP contribution in [0.15, 0.2) is 53.4 Å². The zero-order valence-corrected chi connectivity index (χ0v) is 14.7. The van der Waals surface area contributed by atoms with Crippen LogP contribution in [0.25, 0.3) is 0 Å². The third-order valence-corrected chi connectivity index (χ3v) is 5.12. The Bertz CT molecular complexity index is 894. The molecule has 2 aromatic rings. The number of carbonyl (C=O) groups excluding carboxylic acids is 1. The molecule has 0 spiro atoms. The van der Waals surface area contributed by atoms with E-state index in [2.05, 4.69) is 5.32 Å². The fourth-order valence-corrected chi connectivity index (χ4v) is 3.30. The summed E-state index contributed by atoms with van der Waals surface area (Å²) in [5.74, 6) is -0.277. The molecule has 2 amide bonds. The second-order valence-electron chi connectivity index (χ2n) is 5.93. The largest absolute Gasteiger partial charge is 0.366 e. The van der Waals surface area contributed by atoms with E-state index in [9.17, 15) is 17.6 Å². The van der Waals surface area contributed by atoms with Crippen LogP contribution in [-0.2, 0) is 10.0 Å². The summed E-state index contributed by atoms with van der Waals surface area (Å²) in [5.41, 5.74) is 1.00. The predicted molar refractivity (Wildman–Crippen MR) is 97.0 cm³/mol. The van der Waals surface area contributed by atoms with Crippen LogP contribution in [0.3, 0.4) is 0 Å². The van der Waals surface area contributed by atoms with Crippen molar-refractivity contribution in [2.75, 3.05) is 36.4 Å². The molecule has 26 heavy (non-hydrogen) atoms. The molecule has 2 aromatic carbocycles. The third-order valence-electron chi connectivity index (χ3n) is 4.19. The number of para-hydroxylation sites is 1. The maximum atomic E-state index is 13.8. The summed E-state index contributed by atoms with van der Waals surface area (Å²) in [6.07, 6.45) is 0. The van der Waals surface area contributed by atoms with E-state index in [1.54, 1.807) is 23.1 Å². The molecule has 0 atom stereocenters. The first-order valence-electron chi connectivity index (χ1n) is 8.03. The normalized spacial score (nSPS) is 15.0. The van der Waals surface area contributed by atoms with Crippen molar-refractivity contribution in [2.45, 2.75) is 4.90 Å². The molecule has 9 heteroatoms. The van der Waals surface area contributed by atoms with Gasteiger partial charge in [0.2, 0.25) is 10.0 Å². The Morgan fingerprint density at radius 3 is 2.19 bits per heavy atom. The third kappa shape index (κ3) is 4.12. The van der Waals surface area contributed by atoms with E-state index in [0.29, 0.717) is 37.6 Å². The van der Waals surface area contributed by atoms with Crippen molar-refractivity contribution in [3.05, 3.63) is 54.3 Å². The molecule has 1 saturated heterocycles. The summed E-state index contributed by atoms with van der Waals surface area (Å²) < 4.78 is 36.3. The first kappa shape index (κ1) is 18.2. The fraction of sp³-hybridized carbons (Fsp3) is 0.235. The monoisotopic (exact) mass is 378 g/mol. The molecular formula is C17H19FN4O3S. The van der Waals surface area contributed by atoms with E-state index in [4.69, 9.17) is 5.14 Å². The Morgan fingerprint density at radius 1 is 1.00 bits per heavy atom. The first-order chi connectivity index (χ1) is 12.3. The minimum Gasteiger partial charge on any atom is -0.366 e. The van der Waals surface area contributed by atoms with Crippen molar-refractivity contribution in [1.82, 2.24) is 4.90 Å². The van der Waals surface area contributed by atoms with Gasteiger partial charge in [0.1, 0.15) is 5.82 Å². The van der Waals surface area contributed by atoms with E-state index >= 15 is 0 Å². The van der Waals surface area contributed by atoms with Gasteiger partial charge in [0.15, 0.2) is 0 Å². The second kappa shape index (κ2) is 7.30. The number of anilines is 2. The summed E-state index contributed by atoms with van der Waals surface area (Å²) in [5, 5.41) is 7.76. The van der Waals surface area contributed by atoms with Gasteiger partial charge in [-0.05, 0) is 36.4 Å². The highest BCUT2D eigenvalue weighted by molar-refractivity contribution is 7.89. The highest BCUT2D eigenvalue weighted by Crippen LogP contribution is 2.20. The number of urea groups is 1. The summed E-state index contributed by atoms with van der Waals surface area (Å²) in [6, 6.07) is 11.9. The number of hydrogen-bond donors (Lipinski definition) is 2. The number of sulfonamides is 1. The van der Waals surface area contributed by atoms with Gasteiger partial charge in [-0.1, -0.05) is 12.1 Å². The van der Waals surface area contributed by atoms with Gasteiger partial charge in [-0.25, -0.2) is 22.7 Å². The molecule has 3 rings (SSSR count). The maximum Gasteiger partial charge on any atom is 0.321 e. The molecule has 1 aliphatic heterocycles. The van der Waals surface area contributed by atoms with E-state index in [1.165, 1.54) is 30.3 Å². The van der Waals surface area contributed by atoms with Crippen LogP contribution < -0.4 is 15.4 Å². The number of rotatable bonds is 3. The lowest BCUT2D eigenvalue weighted by molar-refractivity contribution is 0.208. The number of hydrogen-bond acceptors (Lipinski definition) is 4. The highest BCUT2D eigenvalue weighted by atomic mass is 32.2. The number of piperazine rings is 1. The summed E-state index contributed by atoms with van der Waals surface area (Å²) in [4.78, 5) is 15.9. The van der Waals surface area contributed by atoms with Crippen molar-refractivity contribution in [2.24, 2.45) is 5.14 Å². The summed E-state index contributed by atoms with van der Waals surface area (Å²) in [7, 11) is -3.76. The number of amides is 2. The van der Waals surface area contributed by atoms with E-state index in [0.717, 1.165) is 0 Å². The number of primary sulfonamides is 1. The number of nitrogens with one attached hydrogen (secondary N) is 1. The molecule has 0 bridgehead atoms. The zero-order valence-electron chi connectivity index (χ0n) is 13.9. The number of nitrogens with zero attached hydrogens (tertiary/aromatic N) is 2. The van der Waals surface area contributed by atoms with Gasteiger partial charge in [-0.15, -0.1) is 0 Å². The van der Waals surface area contributed by atoms with Gasteiger partial charge < -0.3 is 15.1 Å². The molecule has 0 aromatic heterocycles. The van der Waals surface area contributed by atoms with Crippen LogP contribution in [0.5, 0.6) is 0 Å². The maximum absolute atomic E-state index is 13.8. The summed E-state index contributed by atoms with van der Waals surface area (Å²) >= 11 is 0. The van der Waals surface area contributed by atoms with Gasteiger partial charge in [-0.3, -0.25) is 0 Å². The van der Waals surface area contributed by atoms with Crippen LogP contribution in [-0.4, -0.2) is 45.5 Å². The Balaban J connectivity index is 1.58. The summed E-state index contributed by atoms with van der Waals surface area (Å²) in [6.45, 7) is 1.96. The minimum atomic E-state index is -3.76. The quantitative estimate of drug-likeness (QED) is 0.852. The molecule has 138 valence electrons. The van der Waals surface area contributed by atoms with Gasteiger partial charge in [-0.2, -0.15) is 0 Å². The fourth-order valence-electron chi connectivity index (χ4n) is 2.79. The molecule has 1 heterocycles. The predicted octanol–water partition coefficient (Wildman–Crippen LogP) is 1.83. The number of halogens is 1. The number of nitrogens with two attached hydrogens (primary N) is 1. The Hall–Kier alpha value is -2.65. The molecule has 1 aliphatic rings. The zero-order chi connectivity index (χ0) is 18.7.